The second-order valence-corrected chi connectivity index (χ2v) is 6.93. The predicted octanol–water partition coefficient (Wildman–Crippen LogP) is 3.71. The fraction of sp³-hybridized carbons (Fsp3) is 0.450. The van der Waals surface area contributed by atoms with Gasteiger partial charge in [0.2, 0.25) is 0 Å². The van der Waals surface area contributed by atoms with E-state index < -0.39 is 17.8 Å². The van der Waals surface area contributed by atoms with Crippen LogP contribution in [0.3, 0.4) is 0 Å². The molecule has 1 aromatic rings. The molecule has 1 aromatic carbocycles. The average molecular weight is 376 g/mol. The van der Waals surface area contributed by atoms with E-state index in [2.05, 4.69) is 4.99 Å². The van der Waals surface area contributed by atoms with Crippen molar-refractivity contribution >= 4 is 29.1 Å². The number of nitrogens with zero attached hydrogens (tertiary/aromatic N) is 1. The van der Waals surface area contributed by atoms with E-state index in [1.54, 1.807) is 13.2 Å². The van der Waals surface area contributed by atoms with E-state index in [1.807, 2.05) is 25.1 Å². The first-order chi connectivity index (χ1) is 12.5. The minimum absolute atomic E-state index is 0.0436. The average Bonchev–Trinajstić information content (AvgIpc) is 2.61. The van der Waals surface area contributed by atoms with Gasteiger partial charge < -0.3 is 9.47 Å². The zero-order chi connectivity index (χ0) is 18.7. The summed E-state index contributed by atoms with van der Waals surface area (Å²) in [5.74, 6) is -1.48. The van der Waals surface area contributed by atoms with Gasteiger partial charge in [0.15, 0.2) is 5.78 Å². The third-order valence-electron chi connectivity index (χ3n) is 4.86. The Hall–Kier alpha value is -1.98. The molecule has 0 saturated carbocycles. The molecule has 0 bridgehead atoms. The zero-order valence-electron chi connectivity index (χ0n) is 15.0. The van der Waals surface area contributed by atoms with Gasteiger partial charge in [-0.05, 0) is 31.4 Å². The first-order valence-electron chi connectivity index (χ1n) is 8.76. The van der Waals surface area contributed by atoms with Crippen LogP contribution in [-0.4, -0.2) is 37.8 Å². The molecule has 1 unspecified atom stereocenters. The van der Waals surface area contributed by atoms with Crippen LogP contribution in [0.4, 0.5) is 0 Å². The van der Waals surface area contributed by atoms with Crippen molar-refractivity contribution < 1.29 is 19.1 Å². The molecule has 2 aliphatic rings. The van der Waals surface area contributed by atoms with Crippen molar-refractivity contribution in [2.24, 2.45) is 10.9 Å². The largest absolute Gasteiger partial charge is 0.463 e. The number of methoxy groups -OCH3 is 1. The summed E-state index contributed by atoms with van der Waals surface area (Å²) in [6, 6.07) is 7.34. The van der Waals surface area contributed by atoms with E-state index in [-0.39, 0.29) is 12.4 Å². The standard InChI is InChI=1S/C20H22ClNO4/c1-12-17(20(24)26-11-10-25-2)18(13-6-3-4-7-14(13)21)19-15(22-12)8-5-9-16(19)23/h3-4,6-7,17-18H,5,8-11H2,1-2H3/t17?,18-/m1/s1. The molecule has 1 aliphatic carbocycles. The number of hydrogen-bond acceptors (Lipinski definition) is 5. The monoisotopic (exact) mass is 375 g/mol. The van der Waals surface area contributed by atoms with Gasteiger partial charge in [-0.2, -0.15) is 0 Å². The van der Waals surface area contributed by atoms with Crippen LogP contribution in [0, 0.1) is 5.92 Å². The summed E-state index contributed by atoms with van der Waals surface area (Å²) in [7, 11) is 1.55. The Morgan fingerprint density at radius 3 is 2.77 bits per heavy atom. The third-order valence-corrected chi connectivity index (χ3v) is 5.20. The number of Topliss-reactive ketones (excluding diaryl/α,β-unsaturated/α-hetero) is 1. The van der Waals surface area contributed by atoms with E-state index in [0.29, 0.717) is 29.3 Å². The highest BCUT2D eigenvalue weighted by atomic mass is 35.5. The van der Waals surface area contributed by atoms with Gasteiger partial charge in [-0.3, -0.25) is 14.6 Å². The van der Waals surface area contributed by atoms with Crippen LogP contribution in [0.15, 0.2) is 40.5 Å². The van der Waals surface area contributed by atoms with Gasteiger partial charge in [0.1, 0.15) is 12.5 Å². The number of carbonyl (C=O) groups is 2. The second kappa shape index (κ2) is 8.14. The number of rotatable bonds is 5. The van der Waals surface area contributed by atoms with Crippen LogP contribution in [-0.2, 0) is 19.1 Å². The summed E-state index contributed by atoms with van der Waals surface area (Å²) in [6.45, 7) is 2.29. The van der Waals surface area contributed by atoms with Crippen molar-refractivity contribution in [1.29, 1.82) is 0 Å². The molecule has 26 heavy (non-hydrogen) atoms. The molecule has 0 fully saturated rings. The number of hydrogen-bond donors (Lipinski definition) is 0. The third kappa shape index (κ3) is 3.60. The Kier molecular flexibility index (Phi) is 5.89. The van der Waals surface area contributed by atoms with E-state index in [1.165, 1.54) is 0 Å². The van der Waals surface area contributed by atoms with Gasteiger partial charge in [-0.25, -0.2) is 0 Å². The summed E-state index contributed by atoms with van der Waals surface area (Å²) in [5, 5.41) is 0.534. The molecule has 0 N–H and O–H groups in total. The van der Waals surface area contributed by atoms with Crippen molar-refractivity contribution in [3.63, 3.8) is 0 Å². The maximum atomic E-state index is 12.8. The van der Waals surface area contributed by atoms with Crippen LogP contribution in [0.5, 0.6) is 0 Å². The van der Waals surface area contributed by atoms with Crippen LogP contribution >= 0.6 is 11.6 Å². The highest BCUT2D eigenvalue weighted by Crippen LogP contribution is 2.45. The number of carbonyl (C=O) groups excluding carboxylic acids is 2. The lowest BCUT2D eigenvalue weighted by Crippen LogP contribution is -2.37. The Morgan fingerprint density at radius 2 is 2.04 bits per heavy atom. The fourth-order valence-corrected chi connectivity index (χ4v) is 3.94. The minimum atomic E-state index is -0.660. The number of ether oxygens (including phenoxy) is 2. The summed E-state index contributed by atoms with van der Waals surface area (Å²) < 4.78 is 10.3. The molecule has 1 heterocycles. The van der Waals surface area contributed by atoms with Gasteiger partial charge in [-0.1, -0.05) is 29.8 Å². The molecule has 6 heteroatoms. The summed E-state index contributed by atoms with van der Waals surface area (Å²) in [6.07, 6.45) is 2.00. The molecule has 0 radical (unpaired) electrons. The molecule has 2 atom stereocenters. The molecule has 3 rings (SSSR count). The number of benzene rings is 1. The molecule has 0 spiro atoms. The van der Waals surface area contributed by atoms with Crippen molar-refractivity contribution in [2.45, 2.75) is 32.1 Å². The number of esters is 1. The van der Waals surface area contributed by atoms with E-state index >= 15 is 0 Å². The van der Waals surface area contributed by atoms with Crippen molar-refractivity contribution in [3.05, 3.63) is 46.1 Å². The first kappa shape index (κ1) is 18.8. The minimum Gasteiger partial charge on any atom is -0.463 e. The normalized spacial score (nSPS) is 22.7. The Labute approximate surface area is 158 Å². The summed E-state index contributed by atoms with van der Waals surface area (Å²) in [5.41, 5.74) is 2.82. The van der Waals surface area contributed by atoms with Gasteiger partial charge in [-0.15, -0.1) is 0 Å². The lowest BCUT2D eigenvalue weighted by molar-refractivity contribution is -0.147. The Morgan fingerprint density at radius 1 is 1.27 bits per heavy atom. The van der Waals surface area contributed by atoms with Crippen molar-refractivity contribution in [3.8, 4) is 0 Å². The number of ketones is 1. The maximum absolute atomic E-state index is 12.8. The van der Waals surface area contributed by atoms with E-state index in [9.17, 15) is 9.59 Å². The smallest absolute Gasteiger partial charge is 0.315 e. The number of allylic oxidation sites excluding steroid dienone is 2. The molecular formula is C20H22ClNO4. The SMILES string of the molecule is COCCOC(=O)C1C(C)=NC2=C(C(=O)CCC2)[C@@H]1c1ccccc1Cl. The first-order valence-corrected chi connectivity index (χ1v) is 9.13. The van der Waals surface area contributed by atoms with Crippen LogP contribution in [0.1, 0.15) is 37.7 Å². The molecule has 0 saturated heterocycles. The van der Waals surface area contributed by atoms with Crippen LogP contribution in [0.2, 0.25) is 5.02 Å². The van der Waals surface area contributed by atoms with Crippen molar-refractivity contribution in [2.75, 3.05) is 20.3 Å². The van der Waals surface area contributed by atoms with Gasteiger partial charge >= 0.3 is 5.97 Å². The molecule has 0 aromatic heterocycles. The van der Waals surface area contributed by atoms with Crippen molar-refractivity contribution in [1.82, 2.24) is 0 Å². The van der Waals surface area contributed by atoms with Gasteiger partial charge in [0.05, 0.1) is 6.61 Å². The van der Waals surface area contributed by atoms with E-state index in [4.69, 9.17) is 21.1 Å². The van der Waals surface area contributed by atoms with Crippen LogP contribution in [0.25, 0.3) is 0 Å². The van der Waals surface area contributed by atoms with Gasteiger partial charge in [0, 0.05) is 41.5 Å². The number of aliphatic imine (C=N–C) groups is 1. The molecule has 5 nitrogen and oxygen atoms in total. The second-order valence-electron chi connectivity index (χ2n) is 6.53. The molecule has 1 aliphatic heterocycles. The lowest BCUT2D eigenvalue weighted by Gasteiger charge is -2.34. The summed E-state index contributed by atoms with van der Waals surface area (Å²) in [4.78, 5) is 30.1. The predicted molar refractivity (Wildman–Crippen MR) is 99.5 cm³/mol. The summed E-state index contributed by atoms with van der Waals surface area (Å²) >= 11 is 6.44. The molecular weight excluding hydrogens is 354 g/mol. The van der Waals surface area contributed by atoms with E-state index in [0.717, 1.165) is 24.1 Å². The maximum Gasteiger partial charge on any atom is 0.315 e. The fourth-order valence-electron chi connectivity index (χ4n) is 3.69. The van der Waals surface area contributed by atoms with Gasteiger partial charge in [0.25, 0.3) is 0 Å². The van der Waals surface area contributed by atoms with Crippen LogP contribution < -0.4 is 0 Å². The Bertz CT molecular complexity index is 784. The highest BCUT2D eigenvalue weighted by Gasteiger charge is 2.43. The number of halogens is 1. The zero-order valence-corrected chi connectivity index (χ0v) is 15.7. The molecule has 0 amide bonds. The highest BCUT2D eigenvalue weighted by molar-refractivity contribution is 6.31. The Balaban J connectivity index is 2.06. The topological polar surface area (TPSA) is 65.0 Å². The quantitative estimate of drug-likeness (QED) is 0.581. The lowest BCUT2D eigenvalue weighted by atomic mass is 9.72. The molecule has 138 valence electrons.